The van der Waals surface area contributed by atoms with Gasteiger partial charge in [0.25, 0.3) is 0 Å². The summed E-state index contributed by atoms with van der Waals surface area (Å²) in [4.78, 5) is 27.7. The molecule has 0 radical (unpaired) electrons. The van der Waals surface area contributed by atoms with Crippen molar-refractivity contribution in [1.29, 1.82) is 0 Å². The third-order valence-electron chi connectivity index (χ3n) is 3.29. The van der Waals surface area contributed by atoms with Crippen LogP contribution < -0.4 is 10.2 Å². The predicted octanol–water partition coefficient (Wildman–Crippen LogP) is 2.36. The molecule has 6 nitrogen and oxygen atoms in total. The number of rotatable bonds is 2. The minimum Gasteiger partial charge on any atom is -0.497 e. The Bertz CT molecular complexity index is 942. The van der Waals surface area contributed by atoms with Crippen molar-refractivity contribution in [2.45, 2.75) is 6.92 Å². The summed E-state index contributed by atoms with van der Waals surface area (Å²) in [5.74, 6) is -0.611. The average molecular weight is 285 g/mol. The van der Waals surface area contributed by atoms with Crippen LogP contribution in [-0.2, 0) is 0 Å². The molecular weight excluding hydrogens is 274 g/mol. The van der Waals surface area contributed by atoms with Crippen LogP contribution in [0, 0.1) is 6.92 Å². The zero-order chi connectivity index (χ0) is 15.1. The van der Waals surface area contributed by atoms with E-state index in [9.17, 15) is 9.59 Å². The molecule has 1 N–H and O–H groups in total. The van der Waals surface area contributed by atoms with Crippen LogP contribution in [0.4, 0.5) is 0 Å². The van der Waals surface area contributed by atoms with Gasteiger partial charge in [-0.2, -0.15) is 0 Å². The maximum Gasteiger partial charge on any atom is 0.337 e. The lowest BCUT2D eigenvalue weighted by molar-refractivity contribution is 0.0696. The van der Waals surface area contributed by atoms with Gasteiger partial charge in [0, 0.05) is 0 Å². The molecule has 0 aliphatic rings. The van der Waals surface area contributed by atoms with Gasteiger partial charge in [0.1, 0.15) is 11.3 Å². The first-order valence-electron chi connectivity index (χ1n) is 6.17. The summed E-state index contributed by atoms with van der Waals surface area (Å²) in [6.07, 6.45) is 0. The number of carboxylic acids is 1. The molecule has 0 bridgehead atoms. The molecule has 6 heteroatoms. The summed E-state index contributed by atoms with van der Waals surface area (Å²) in [6, 6.07) is 6.15. The molecule has 0 saturated heterocycles. The molecule has 0 amide bonds. The van der Waals surface area contributed by atoms with Crippen molar-refractivity contribution in [1.82, 2.24) is 4.98 Å². The standard InChI is InChI=1S/C15H11NO5/c1-7-9(15(18)19)6-11-13(17)10-5-8(20-2)3-4-12(10)21-14(11)16-7/h3-6H,1-2H3,(H,18,19). The first kappa shape index (κ1) is 13.1. The van der Waals surface area contributed by atoms with Crippen molar-refractivity contribution < 1.29 is 19.1 Å². The monoisotopic (exact) mass is 285 g/mol. The van der Waals surface area contributed by atoms with E-state index in [4.69, 9.17) is 14.3 Å². The third-order valence-corrected chi connectivity index (χ3v) is 3.29. The topological polar surface area (TPSA) is 89.6 Å². The highest BCUT2D eigenvalue weighted by atomic mass is 16.5. The number of aromatic carboxylic acids is 1. The Kier molecular flexibility index (Phi) is 2.86. The Morgan fingerprint density at radius 1 is 1.29 bits per heavy atom. The first-order valence-corrected chi connectivity index (χ1v) is 6.17. The zero-order valence-electron chi connectivity index (χ0n) is 11.3. The van der Waals surface area contributed by atoms with E-state index in [-0.39, 0.29) is 22.1 Å². The highest BCUT2D eigenvalue weighted by molar-refractivity contribution is 5.95. The van der Waals surface area contributed by atoms with Crippen LogP contribution >= 0.6 is 0 Å². The third kappa shape index (κ3) is 2.01. The smallest absolute Gasteiger partial charge is 0.337 e. The van der Waals surface area contributed by atoms with Gasteiger partial charge in [-0.15, -0.1) is 0 Å². The second-order valence-corrected chi connectivity index (χ2v) is 4.57. The summed E-state index contributed by atoms with van der Waals surface area (Å²) >= 11 is 0. The Balaban J connectivity index is 2.45. The number of benzene rings is 1. The number of pyridine rings is 1. The fraction of sp³-hybridized carbons (Fsp3) is 0.133. The molecule has 0 fully saturated rings. The molecule has 21 heavy (non-hydrogen) atoms. The SMILES string of the molecule is COc1ccc2oc3nc(C)c(C(=O)O)cc3c(=O)c2c1. The molecule has 3 rings (SSSR count). The largest absolute Gasteiger partial charge is 0.497 e. The fourth-order valence-electron chi connectivity index (χ4n) is 2.19. The van der Waals surface area contributed by atoms with E-state index in [1.54, 1.807) is 25.1 Å². The highest BCUT2D eigenvalue weighted by Crippen LogP contribution is 2.23. The van der Waals surface area contributed by atoms with Crippen molar-refractivity contribution in [3.05, 3.63) is 45.7 Å². The maximum atomic E-state index is 12.5. The second kappa shape index (κ2) is 4.59. The predicted molar refractivity (Wildman–Crippen MR) is 76.0 cm³/mol. The number of hydrogen-bond acceptors (Lipinski definition) is 5. The van der Waals surface area contributed by atoms with Gasteiger partial charge in [0.15, 0.2) is 0 Å². The van der Waals surface area contributed by atoms with Gasteiger partial charge in [-0.05, 0) is 31.2 Å². The average Bonchev–Trinajstić information content (AvgIpc) is 2.46. The number of fused-ring (bicyclic) bond motifs is 2. The van der Waals surface area contributed by atoms with Crippen LogP contribution in [0.3, 0.4) is 0 Å². The van der Waals surface area contributed by atoms with Crippen molar-refractivity contribution in [3.8, 4) is 5.75 Å². The molecule has 2 aromatic heterocycles. The molecule has 3 aromatic rings. The van der Waals surface area contributed by atoms with Crippen molar-refractivity contribution >= 4 is 28.0 Å². The van der Waals surface area contributed by atoms with Crippen LogP contribution in [-0.4, -0.2) is 23.2 Å². The van der Waals surface area contributed by atoms with E-state index in [2.05, 4.69) is 4.98 Å². The molecule has 0 saturated carbocycles. The lowest BCUT2D eigenvalue weighted by Crippen LogP contribution is -2.08. The fourth-order valence-corrected chi connectivity index (χ4v) is 2.19. The Hall–Kier alpha value is -2.89. The molecule has 0 spiro atoms. The van der Waals surface area contributed by atoms with Gasteiger partial charge in [0.2, 0.25) is 11.1 Å². The summed E-state index contributed by atoms with van der Waals surface area (Å²) in [7, 11) is 1.50. The van der Waals surface area contributed by atoms with Gasteiger partial charge in [-0.25, -0.2) is 9.78 Å². The van der Waals surface area contributed by atoms with E-state index in [1.165, 1.54) is 13.2 Å². The molecule has 0 unspecified atom stereocenters. The summed E-state index contributed by atoms with van der Waals surface area (Å²) in [5, 5.41) is 9.58. The van der Waals surface area contributed by atoms with Gasteiger partial charge >= 0.3 is 5.97 Å². The molecule has 0 aliphatic carbocycles. The minimum absolute atomic E-state index is 0.0166. The van der Waals surface area contributed by atoms with E-state index in [1.807, 2.05) is 0 Å². The van der Waals surface area contributed by atoms with E-state index in [0.29, 0.717) is 22.4 Å². The first-order chi connectivity index (χ1) is 10.0. The van der Waals surface area contributed by atoms with Crippen LogP contribution in [0.2, 0.25) is 0 Å². The zero-order valence-corrected chi connectivity index (χ0v) is 11.3. The van der Waals surface area contributed by atoms with Gasteiger partial charge in [-0.3, -0.25) is 4.79 Å². The molecule has 0 aliphatic heterocycles. The van der Waals surface area contributed by atoms with Crippen LogP contribution in [0.1, 0.15) is 16.1 Å². The minimum atomic E-state index is -1.13. The quantitative estimate of drug-likeness (QED) is 0.727. The van der Waals surface area contributed by atoms with Crippen molar-refractivity contribution in [2.75, 3.05) is 7.11 Å². The second-order valence-electron chi connectivity index (χ2n) is 4.57. The van der Waals surface area contributed by atoms with Crippen molar-refractivity contribution in [2.24, 2.45) is 0 Å². The Morgan fingerprint density at radius 2 is 2.05 bits per heavy atom. The Labute approximate surface area is 118 Å². The number of ether oxygens (including phenoxy) is 1. The van der Waals surface area contributed by atoms with E-state index >= 15 is 0 Å². The highest BCUT2D eigenvalue weighted by Gasteiger charge is 2.15. The molecule has 106 valence electrons. The molecule has 2 heterocycles. The number of carboxylic acid groups (broad SMARTS) is 1. The maximum absolute atomic E-state index is 12.5. The van der Waals surface area contributed by atoms with E-state index < -0.39 is 5.97 Å². The molecular formula is C15H11NO5. The molecule has 1 aromatic carbocycles. The number of methoxy groups -OCH3 is 1. The van der Waals surface area contributed by atoms with Crippen LogP contribution in [0.5, 0.6) is 5.75 Å². The van der Waals surface area contributed by atoms with Gasteiger partial charge in [0.05, 0.1) is 29.1 Å². The summed E-state index contributed by atoms with van der Waals surface area (Å²) in [6.45, 7) is 1.56. The van der Waals surface area contributed by atoms with Crippen molar-refractivity contribution in [3.63, 3.8) is 0 Å². The van der Waals surface area contributed by atoms with Gasteiger partial charge < -0.3 is 14.3 Å². The van der Waals surface area contributed by atoms with Crippen LogP contribution in [0.25, 0.3) is 22.1 Å². The molecule has 0 atom stereocenters. The van der Waals surface area contributed by atoms with Gasteiger partial charge in [-0.1, -0.05) is 0 Å². The number of hydrogen-bond donors (Lipinski definition) is 1. The lowest BCUT2D eigenvalue weighted by atomic mass is 10.1. The number of carbonyl (C=O) groups is 1. The normalized spacial score (nSPS) is 11.0. The number of aryl methyl sites for hydroxylation is 1. The summed E-state index contributed by atoms with van der Waals surface area (Å²) < 4.78 is 10.7. The number of aromatic nitrogens is 1. The Morgan fingerprint density at radius 3 is 2.71 bits per heavy atom. The van der Waals surface area contributed by atoms with E-state index in [0.717, 1.165) is 0 Å². The van der Waals surface area contributed by atoms with Crippen LogP contribution in [0.15, 0.2) is 33.5 Å². The lowest BCUT2D eigenvalue weighted by Gasteiger charge is -2.05. The summed E-state index contributed by atoms with van der Waals surface area (Å²) in [5.41, 5.74) is 0.451. The number of nitrogens with zero attached hydrogens (tertiary/aromatic N) is 1.